The van der Waals surface area contributed by atoms with Gasteiger partial charge in [0.15, 0.2) is 0 Å². The van der Waals surface area contributed by atoms with Crippen LogP contribution in [-0.2, 0) is 11.2 Å². The number of nitrogens with zero attached hydrogens (tertiary/aromatic N) is 3. The van der Waals surface area contributed by atoms with E-state index < -0.39 is 5.60 Å². The summed E-state index contributed by atoms with van der Waals surface area (Å²) in [7, 11) is 0. The molecule has 1 aromatic rings. The molecule has 1 aromatic heterocycles. The molecule has 124 valence electrons. The Labute approximate surface area is 131 Å². The molecule has 1 amide bonds. The van der Waals surface area contributed by atoms with Gasteiger partial charge in [-0.05, 0) is 46.6 Å². The van der Waals surface area contributed by atoms with Crippen LogP contribution in [-0.4, -0.2) is 57.5 Å². The lowest BCUT2D eigenvalue weighted by Gasteiger charge is -2.28. The third kappa shape index (κ3) is 5.29. The summed E-state index contributed by atoms with van der Waals surface area (Å²) in [6.07, 6.45) is 5.29. The maximum Gasteiger partial charge on any atom is 0.410 e. The zero-order valence-electron chi connectivity index (χ0n) is 13.8. The Morgan fingerprint density at radius 1 is 1.55 bits per heavy atom. The van der Waals surface area contributed by atoms with Gasteiger partial charge in [-0.15, -0.1) is 0 Å². The number of ether oxygens (including phenoxy) is 1. The number of amides is 1. The van der Waals surface area contributed by atoms with Crippen LogP contribution in [0.25, 0.3) is 0 Å². The minimum absolute atomic E-state index is 0.196. The van der Waals surface area contributed by atoms with Crippen LogP contribution in [0, 0.1) is 0 Å². The van der Waals surface area contributed by atoms with Gasteiger partial charge in [-0.2, -0.15) is 5.10 Å². The van der Waals surface area contributed by atoms with Crippen molar-refractivity contribution in [1.29, 1.82) is 0 Å². The molecule has 0 aromatic carbocycles. The number of aromatic amines is 1. The molecule has 0 radical (unpaired) electrons. The normalized spacial score (nSPS) is 18.7. The predicted molar refractivity (Wildman–Crippen MR) is 83.5 cm³/mol. The number of likely N-dealkylation sites (tertiary alicyclic amines) is 1. The van der Waals surface area contributed by atoms with E-state index in [2.05, 4.69) is 20.5 Å². The lowest BCUT2D eigenvalue weighted by atomic mass is 10.2. The van der Waals surface area contributed by atoms with Crippen LogP contribution in [0.1, 0.15) is 45.9 Å². The van der Waals surface area contributed by atoms with E-state index in [-0.39, 0.29) is 12.1 Å². The van der Waals surface area contributed by atoms with Gasteiger partial charge in [0.1, 0.15) is 17.8 Å². The highest BCUT2D eigenvalue weighted by atomic mass is 16.6. The first-order valence-electron chi connectivity index (χ1n) is 8.00. The van der Waals surface area contributed by atoms with Crippen molar-refractivity contribution in [2.45, 2.75) is 58.1 Å². The van der Waals surface area contributed by atoms with Gasteiger partial charge in [0.25, 0.3) is 0 Å². The zero-order chi connectivity index (χ0) is 16.0. The Hall–Kier alpha value is -1.63. The van der Waals surface area contributed by atoms with E-state index in [1.165, 1.54) is 6.33 Å². The third-order valence-corrected chi connectivity index (χ3v) is 3.62. The van der Waals surface area contributed by atoms with Crippen molar-refractivity contribution in [3.05, 3.63) is 12.2 Å². The Balaban J connectivity index is 1.66. The maximum atomic E-state index is 12.2. The molecule has 0 saturated carbocycles. The molecule has 2 heterocycles. The van der Waals surface area contributed by atoms with E-state index in [1.807, 2.05) is 25.7 Å². The van der Waals surface area contributed by atoms with Gasteiger partial charge in [0.05, 0.1) is 0 Å². The molecule has 0 aliphatic carbocycles. The van der Waals surface area contributed by atoms with Gasteiger partial charge in [0.2, 0.25) is 0 Å². The van der Waals surface area contributed by atoms with Crippen molar-refractivity contribution >= 4 is 6.09 Å². The molecule has 2 rings (SSSR count). The van der Waals surface area contributed by atoms with Gasteiger partial charge < -0.3 is 15.0 Å². The van der Waals surface area contributed by atoms with Crippen LogP contribution in [0.3, 0.4) is 0 Å². The number of hydrogen-bond donors (Lipinski definition) is 2. The predicted octanol–water partition coefficient (Wildman–Crippen LogP) is 1.73. The number of H-pyrrole nitrogens is 1. The summed E-state index contributed by atoms with van der Waals surface area (Å²) < 4.78 is 5.47. The number of nitrogens with one attached hydrogen (secondary N) is 2. The fourth-order valence-electron chi connectivity index (χ4n) is 2.61. The van der Waals surface area contributed by atoms with Crippen LogP contribution in [0.4, 0.5) is 4.79 Å². The van der Waals surface area contributed by atoms with Crippen LogP contribution in [0.15, 0.2) is 6.33 Å². The minimum Gasteiger partial charge on any atom is -0.444 e. The summed E-state index contributed by atoms with van der Waals surface area (Å²) in [6.45, 7) is 8.21. The lowest BCUT2D eigenvalue weighted by molar-refractivity contribution is 0.0227. The second-order valence-electron chi connectivity index (χ2n) is 6.71. The van der Waals surface area contributed by atoms with Crippen molar-refractivity contribution in [2.75, 3.05) is 19.6 Å². The first-order valence-corrected chi connectivity index (χ1v) is 8.00. The molecule has 1 aliphatic heterocycles. The highest BCUT2D eigenvalue weighted by Gasteiger charge is 2.31. The minimum atomic E-state index is -0.436. The maximum absolute atomic E-state index is 12.2. The van der Waals surface area contributed by atoms with Crippen LogP contribution in [0.2, 0.25) is 0 Å². The van der Waals surface area contributed by atoms with Gasteiger partial charge in [-0.25, -0.2) is 9.78 Å². The van der Waals surface area contributed by atoms with E-state index in [1.54, 1.807) is 0 Å². The highest BCUT2D eigenvalue weighted by Crippen LogP contribution is 2.20. The van der Waals surface area contributed by atoms with E-state index in [0.29, 0.717) is 0 Å². The monoisotopic (exact) mass is 309 g/mol. The van der Waals surface area contributed by atoms with Gasteiger partial charge in [-0.1, -0.05) is 0 Å². The lowest BCUT2D eigenvalue weighted by Crippen LogP contribution is -2.44. The van der Waals surface area contributed by atoms with Gasteiger partial charge in [0, 0.05) is 25.6 Å². The Morgan fingerprint density at radius 2 is 2.36 bits per heavy atom. The second kappa shape index (κ2) is 7.58. The number of carbonyl (C=O) groups excluding carboxylic acids is 1. The van der Waals surface area contributed by atoms with Crippen LogP contribution in [0.5, 0.6) is 0 Å². The van der Waals surface area contributed by atoms with Gasteiger partial charge >= 0.3 is 6.09 Å². The fraction of sp³-hybridized carbons (Fsp3) is 0.800. The van der Waals surface area contributed by atoms with Crippen molar-refractivity contribution in [2.24, 2.45) is 0 Å². The summed E-state index contributed by atoms with van der Waals surface area (Å²) in [5, 5.41) is 10.1. The first kappa shape index (κ1) is 16.7. The van der Waals surface area contributed by atoms with E-state index in [9.17, 15) is 4.79 Å². The number of hydrogen-bond acceptors (Lipinski definition) is 5. The summed E-state index contributed by atoms with van der Waals surface area (Å²) in [4.78, 5) is 18.1. The van der Waals surface area contributed by atoms with Crippen molar-refractivity contribution in [3.63, 3.8) is 0 Å². The molecule has 22 heavy (non-hydrogen) atoms. The van der Waals surface area contributed by atoms with Crippen LogP contribution >= 0.6 is 0 Å². The number of rotatable bonds is 6. The fourth-order valence-corrected chi connectivity index (χ4v) is 2.61. The molecule has 1 aliphatic rings. The molecule has 7 heteroatoms. The summed E-state index contributed by atoms with van der Waals surface area (Å²) in [5.41, 5.74) is -0.436. The molecular formula is C15H27N5O2. The molecule has 2 N–H and O–H groups in total. The highest BCUT2D eigenvalue weighted by molar-refractivity contribution is 5.69. The number of carbonyl (C=O) groups is 1. The Kier molecular flexibility index (Phi) is 5.76. The topological polar surface area (TPSA) is 83.1 Å². The van der Waals surface area contributed by atoms with E-state index in [0.717, 1.165) is 51.1 Å². The molecular weight excluding hydrogens is 282 g/mol. The smallest absolute Gasteiger partial charge is 0.410 e. The van der Waals surface area contributed by atoms with Crippen molar-refractivity contribution in [3.8, 4) is 0 Å². The molecule has 1 fully saturated rings. The second-order valence-corrected chi connectivity index (χ2v) is 6.71. The standard InChI is InChI=1S/C15H27N5O2/c1-15(2,3)22-14(21)20-9-5-6-12(20)10-16-8-4-7-13-17-11-18-19-13/h11-12,16H,4-10H2,1-3H3,(H,17,18,19). The quantitative estimate of drug-likeness (QED) is 0.782. The average Bonchev–Trinajstić information content (AvgIpc) is 3.06. The molecule has 1 unspecified atom stereocenters. The van der Waals surface area contributed by atoms with Crippen LogP contribution < -0.4 is 5.32 Å². The molecule has 0 spiro atoms. The van der Waals surface area contributed by atoms with Crippen molar-refractivity contribution in [1.82, 2.24) is 25.4 Å². The average molecular weight is 309 g/mol. The largest absolute Gasteiger partial charge is 0.444 e. The molecule has 0 bridgehead atoms. The van der Waals surface area contributed by atoms with E-state index in [4.69, 9.17) is 4.74 Å². The summed E-state index contributed by atoms with van der Waals surface area (Å²) in [6, 6.07) is 0.236. The van der Waals surface area contributed by atoms with Crippen molar-refractivity contribution < 1.29 is 9.53 Å². The Morgan fingerprint density at radius 3 is 3.05 bits per heavy atom. The third-order valence-electron chi connectivity index (χ3n) is 3.62. The molecule has 1 saturated heterocycles. The molecule has 7 nitrogen and oxygen atoms in total. The summed E-state index contributed by atoms with van der Waals surface area (Å²) >= 11 is 0. The zero-order valence-corrected chi connectivity index (χ0v) is 13.8. The first-order chi connectivity index (χ1) is 10.5. The van der Waals surface area contributed by atoms with Gasteiger partial charge in [-0.3, -0.25) is 5.10 Å². The van der Waals surface area contributed by atoms with E-state index >= 15 is 0 Å². The Bertz CT molecular complexity index is 455. The number of aromatic nitrogens is 3. The summed E-state index contributed by atoms with van der Waals surface area (Å²) in [5.74, 6) is 0.915. The SMILES string of the molecule is CC(C)(C)OC(=O)N1CCCC1CNCCCc1ncn[nH]1. The number of aryl methyl sites for hydroxylation is 1. The molecule has 1 atom stereocenters.